The number of hydrogen-bond acceptors (Lipinski definition) is 6. The number of esters is 1. The summed E-state index contributed by atoms with van der Waals surface area (Å²) in [5.74, 6) is -0.234. The quantitative estimate of drug-likeness (QED) is 0.394. The van der Waals surface area contributed by atoms with Gasteiger partial charge in [-0.3, -0.25) is 14.6 Å². The molecule has 3 heterocycles. The Hall–Kier alpha value is -2.48. The zero-order chi connectivity index (χ0) is 26.3. The number of rotatable bonds is 5. The Balaban J connectivity index is 1.49. The Labute approximate surface area is 231 Å². The molecule has 6 nitrogen and oxygen atoms in total. The standard InChI is InChI=1S/C28H29Cl2N3O3S/c1-16(2)23-25(26(34)32-14-12-19(13-15-32)27(35)36-3)37-28-31-22(17-4-8-20(29)9-5-17)24(33(23)28)18-6-10-21(30)11-7-18/h4-11,16,19,22,24H,12-15H2,1-3H3. The predicted molar refractivity (Wildman–Crippen MR) is 148 cm³/mol. The molecule has 0 N–H and O–H groups in total. The Kier molecular flexibility index (Phi) is 7.57. The molecular weight excluding hydrogens is 529 g/mol. The number of ether oxygens (including phenoxy) is 1. The molecule has 0 bridgehead atoms. The van der Waals surface area contributed by atoms with E-state index in [-0.39, 0.29) is 35.8 Å². The third-order valence-electron chi connectivity index (χ3n) is 7.20. The summed E-state index contributed by atoms with van der Waals surface area (Å²) in [4.78, 5) is 35.7. The van der Waals surface area contributed by atoms with Crippen molar-refractivity contribution in [2.75, 3.05) is 20.2 Å². The van der Waals surface area contributed by atoms with Gasteiger partial charge in [0.1, 0.15) is 10.9 Å². The van der Waals surface area contributed by atoms with E-state index in [1.807, 2.05) is 53.4 Å². The minimum atomic E-state index is -0.196. The van der Waals surface area contributed by atoms with Gasteiger partial charge >= 0.3 is 5.97 Å². The number of likely N-dealkylation sites (tertiary alicyclic amines) is 1. The average Bonchev–Trinajstić information content (AvgIpc) is 3.45. The Morgan fingerprint density at radius 2 is 1.54 bits per heavy atom. The van der Waals surface area contributed by atoms with Gasteiger partial charge in [0, 0.05) is 28.8 Å². The van der Waals surface area contributed by atoms with Crippen LogP contribution in [0.4, 0.5) is 0 Å². The molecule has 2 unspecified atom stereocenters. The van der Waals surface area contributed by atoms with Crippen molar-refractivity contribution in [3.63, 3.8) is 0 Å². The molecule has 0 aliphatic carbocycles. The molecule has 9 heteroatoms. The highest BCUT2D eigenvalue weighted by atomic mass is 35.5. The topological polar surface area (TPSA) is 62.2 Å². The van der Waals surface area contributed by atoms with Gasteiger partial charge in [-0.2, -0.15) is 0 Å². The number of allylic oxidation sites excluding steroid dienone is 1. The fraction of sp³-hybridized carbons (Fsp3) is 0.393. The normalized spacial score (nSPS) is 21.9. The molecule has 3 aliphatic rings. The second kappa shape index (κ2) is 10.7. The molecule has 37 heavy (non-hydrogen) atoms. The van der Waals surface area contributed by atoms with Crippen LogP contribution in [-0.4, -0.2) is 47.0 Å². The van der Waals surface area contributed by atoms with Gasteiger partial charge < -0.3 is 14.5 Å². The number of aliphatic imine (C=N–C) groups is 1. The summed E-state index contributed by atoms with van der Waals surface area (Å²) in [5.41, 5.74) is 3.13. The number of amidine groups is 1. The number of fused-ring (bicyclic) bond motifs is 1. The van der Waals surface area contributed by atoms with Crippen molar-refractivity contribution in [3.8, 4) is 0 Å². The average molecular weight is 559 g/mol. The molecule has 1 amide bonds. The van der Waals surface area contributed by atoms with E-state index < -0.39 is 0 Å². The number of hydrogen-bond donors (Lipinski definition) is 0. The SMILES string of the molecule is COC(=O)C1CCN(C(=O)C2=C(C(C)C)N3C(=NC(c4ccc(Cl)cc4)C3c3ccc(Cl)cc3)S2)CC1. The van der Waals surface area contributed by atoms with Crippen LogP contribution in [0.1, 0.15) is 49.9 Å². The molecule has 0 spiro atoms. The van der Waals surface area contributed by atoms with Crippen LogP contribution in [0.5, 0.6) is 0 Å². The van der Waals surface area contributed by atoms with Gasteiger partial charge in [0.2, 0.25) is 0 Å². The third-order valence-corrected chi connectivity index (χ3v) is 8.78. The smallest absolute Gasteiger partial charge is 0.308 e. The van der Waals surface area contributed by atoms with E-state index in [9.17, 15) is 9.59 Å². The highest BCUT2D eigenvalue weighted by molar-refractivity contribution is 8.18. The summed E-state index contributed by atoms with van der Waals surface area (Å²) in [7, 11) is 1.41. The van der Waals surface area contributed by atoms with Crippen molar-refractivity contribution in [1.82, 2.24) is 9.80 Å². The summed E-state index contributed by atoms with van der Waals surface area (Å²) < 4.78 is 4.90. The first kappa shape index (κ1) is 26.1. The van der Waals surface area contributed by atoms with Crippen LogP contribution in [0.25, 0.3) is 0 Å². The maximum atomic E-state index is 13.8. The van der Waals surface area contributed by atoms with Crippen molar-refractivity contribution in [2.45, 2.75) is 38.8 Å². The lowest BCUT2D eigenvalue weighted by Gasteiger charge is -2.33. The summed E-state index contributed by atoms with van der Waals surface area (Å²) >= 11 is 13.8. The molecule has 1 saturated heterocycles. The summed E-state index contributed by atoms with van der Waals surface area (Å²) in [6.45, 7) is 5.30. The lowest BCUT2D eigenvalue weighted by Crippen LogP contribution is -2.41. The fourth-order valence-corrected chi connectivity index (χ4v) is 6.89. The Bertz CT molecular complexity index is 1250. The number of halogens is 2. The molecule has 2 aromatic carbocycles. The van der Waals surface area contributed by atoms with Crippen molar-refractivity contribution < 1.29 is 14.3 Å². The minimum absolute atomic E-state index is 0.00650. The number of benzene rings is 2. The van der Waals surface area contributed by atoms with Crippen LogP contribution in [0.15, 0.2) is 64.1 Å². The highest BCUT2D eigenvalue weighted by Crippen LogP contribution is 2.53. The first-order valence-corrected chi connectivity index (χ1v) is 14.0. The first-order valence-electron chi connectivity index (χ1n) is 12.5. The summed E-state index contributed by atoms with van der Waals surface area (Å²) in [6, 6.07) is 15.4. The van der Waals surface area contributed by atoms with Crippen LogP contribution >= 0.6 is 35.0 Å². The van der Waals surface area contributed by atoms with Crippen molar-refractivity contribution in [3.05, 3.63) is 80.3 Å². The van der Waals surface area contributed by atoms with Gasteiger partial charge in [0.15, 0.2) is 5.17 Å². The lowest BCUT2D eigenvalue weighted by molar-refractivity contribution is -0.148. The van der Waals surface area contributed by atoms with Crippen LogP contribution in [-0.2, 0) is 14.3 Å². The van der Waals surface area contributed by atoms with Gasteiger partial charge in [0.25, 0.3) is 5.91 Å². The molecule has 0 aromatic heterocycles. The first-order chi connectivity index (χ1) is 17.8. The number of nitrogens with zero attached hydrogens (tertiary/aromatic N) is 3. The van der Waals surface area contributed by atoms with E-state index >= 15 is 0 Å². The van der Waals surface area contributed by atoms with Crippen molar-refractivity contribution >= 4 is 52.0 Å². The summed E-state index contributed by atoms with van der Waals surface area (Å²) in [6.07, 6.45) is 1.23. The Morgan fingerprint density at radius 3 is 2.08 bits per heavy atom. The van der Waals surface area contributed by atoms with E-state index in [1.54, 1.807) is 0 Å². The van der Waals surface area contributed by atoms with Crippen LogP contribution in [0.2, 0.25) is 10.0 Å². The van der Waals surface area contributed by atoms with E-state index in [1.165, 1.54) is 18.9 Å². The zero-order valence-corrected chi connectivity index (χ0v) is 23.3. The highest BCUT2D eigenvalue weighted by Gasteiger charge is 2.47. The van der Waals surface area contributed by atoms with Gasteiger partial charge in [-0.15, -0.1) is 0 Å². The number of carbonyl (C=O) groups excluding carboxylic acids is 2. The van der Waals surface area contributed by atoms with E-state index in [0.29, 0.717) is 36.0 Å². The molecule has 3 aliphatic heterocycles. The second-order valence-electron chi connectivity index (χ2n) is 9.84. The van der Waals surface area contributed by atoms with Gasteiger partial charge in [-0.25, -0.2) is 0 Å². The van der Waals surface area contributed by atoms with Gasteiger partial charge in [-0.1, -0.05) is 61.3 Å². The molecule has 194 valence electrons. The number of thioether (sulfide) groups is 1. The van der Waals surface area contributed by atoms with Crippen LogP contribution in [0, 0.1) is 11.8 Å². The maximum Gasteiger partial charge on any atom is 0.308 e. The third kappa shape index (κ3) is 5.01. The van der Waals surface area contributed by atoms with Crippen molar-refractivity contribution in [1.29, 1.82) is 0 Å². The fourth-order valence-electron chi connectivity index (χ4n) is 5.32. The zero-order valence-electron chi connectivity index (χ0n) is 21.0. The lowest BCUT2D eigenvalue weighted by atomic mass is 9.92. The number of amides is 1. The molecule has 0 saturated carbocycles. The molecule has 2 aromatic rings. The van der Waals surface area contributed by atoms with Gasteiger partial charge in [0.05, 0.1) is 19.1 Å². The largest absolute Gasteiger partial charge is 0.469 e. The molecule has 1 fully saturated rings. The monoisotopic (exact) mass is 557 g/mol. The van der Waals surface area contributed by atoms with Gasteiger partial charge in [-0.05, 0) is 65.9 Å². The molecule has 5 rings (SSSR count). The second-order valence-corrected chi connectivity index (χ2v) is 11.7. The van der Waals surface area contributed by atoms with Crippen LogP contribution < -0.4 is 0 Å². The van der Waals surface area contributed by atoms with Crippen molar-refractivity contribution in [2.24, 2.45) is 16.8 Å². The summed E-state index contributed by atoms with van der Waals surface area (Å²) in [5, 5.41) is 2.18. The minimum Gasteiger partial charge on any atom is -0.469 e. The number of piperidine rings is 1. The Morgan fingerprint density at radius 1 is 0.973 bits per heavy atom. The number of methoxy groups -OCH3 is 1. The predicted octanol–water partition coefficient (Wildman–Crippen LogP) is 6.47. The molecule has 0 radical (unpaired) electrons. The molecular formula is C28H29Cl2N3O3S. The van der Waals surface area contributed by atoms with E-state index in [2.05, 4.69) is 18.7 Å². The van der Waals surface area contributed by atoms with Crippen LogP contribution in [0.3, 0.4) is 0 Å². The van der Waals surface area contributed by atoms with E-state index in [0.717, 1.165) is 26.9 Å². The molecule has 2 atom stereocenters. The maximum absolute atomic E-state index is 13.8. The van der Waals surface area contributed by atoms with E-state index in [4.69, 9.17) is 32.9 Å². The number of carbonyl (C=O) groups is 2.